The van der Waals surface area contributed by atoms with E-state index >= 15 is 0 Å². The van der Waals surface area contributed by atoms with E-state index in [0.717, 1.165) is 12.0 Å². The van der Waals surface area contributed by atoms with Gasteiger partial charge in [0.1, 0.15) is 0 Å². The van der Waals surface area contributed by atoms with Crippen LogP contribution in [0.3, 0.4) is 0 Å². The Hall–Kier alpha value is -0.826. The van der Waals surface area contributed by atoms with Crippen LogP contribution in [0.2, 0.25) is 0 Å². The summed E-state index contributed by atoms with van der Waals surface area (Å²) < 4.78 is 0. The Bertz CT molecular complexity index is 595. The Morgan fingerprint density at radius 2 is 1.65 bits per heavy atom. The SMILES string of the molecule is CC1=CCC(c2[c-]cccc2)=C1.OCc1ccccc1.[Cl-].[Cl-].[Ti+3]. The molecule has 1 radical (unpaired) electrons. The molecule has 0 saturated heterocycles. The van der Waals surface area contributed by atoms with E-state index in [0.29, 0.717) is 0 Å². The Kier molecular flexibility index (Phi) is 14.4. The van der Waals surface area contributed by atoms with Crippen LogP contribution in [0.1, 0.15) is 24.5 Å². The molecule has 1 aliphatic rings. The predicted octanol–water partition coefficient (Wildman–Crippen LogP) is -1.60. The smallest absolute Gasteiger partial charge is 1.00 e. The average Bonchev–Trinajstić information content (AvgIpc) is 2.96. The van der Waals surface area contributed by atoms with Gasteiger partial charge in [0.25, 0.3) is 0 Å². The molecule has 0 heterocycles. The fourth-order valence-corrected chi connectivity index (χ4v) is 2.03. The van der Waals surface area contributed by atoms with E-state index < -0.39 is 0 Å². The summed E-state index contributed by atoms with van der Waals surface area (Å²) in [5.41, 5.74) is 4.94. The number of hydrogen-bond acceptors (Lipinski definition) is 1. The summed E-state index contributed by atoms with van der Waals surface area (Å²) in [4.78, 5) is 0. The molecular weight excluding hydrogens is 363 g/mol. The van der Waals surface area contributed by atoms with Crippen LogP contribution >= 0.6 is 0 Å². The van der Waals surface area contributed by atoms with E-state index in [1.165, 1.54) is 16.7 Å². The van der Waals surface area contributed by atoms with E-state index in [4.69, 9.17) is 5.11 Å². The van der Waals surface area contributed by atoms with E-state index in [-0.39, 0.29) is 53.1 Å². The topological polar surface area (TPSA) is 20.2 Å². The number of hydrogen-bond donors (Lipinski definition) is 1. The van der Waals surface area contributed by atoms with Crippen molar-refractivity contribution in [3.8, 4) is 0 Å². The van der Waals surface area contributed by atoms with Crippen LogP contribution in [0.5, 0.6) is 0 Å². The van der Waals surface area contributed by atoms with Crippen molar-refractivity contribution in [3.63, 3.8) is 0 Å². The van der Waals surface area contributed by atoms with Crippen molar-refractivity contribution in [1.82, 2.24) is 0 Å². The molecule has 0 aromatic heterocycles. The second-order valence-corrected chi connectivity index (χ2v) is 4.74. The molecule has 23 heavy (non-hydrogen) atoms. The monoisotopic (exact) mass is 381 g/mol. The minimum Gasteiger partial charge on any atom is -1.00 e. The zero-order valence-corrected chi connectivity index (χ0v) is 16.0. The van der Waals surface area contributed by atoms with E-state index in [2.05, 4.69) is 37.3 Å². The fourth-order valence-electron chi connectivity index (χ4n) is 2.03. The Morgan fingerprint density at radius 1 is 1.00 bits per heavy atom. The summed E-state index contributed by atoms with van der Waals surface area (Å²) in [6, 6.07) is 20.9. The standard InChI is InChI=1S/C12H11.C7H8O.2ClH.Ti/c1-10-7-8-12(9-10)11-5-3-2-4-6-11;8-6-7-4-2-1-3-5-7;;;/h2-5,7,9H,8H2,1H3;1-5,8H,6H2;2*1H;/q-1;;;;+3/p-2. The van der Waals surface area contributed by atoms with Crippen molar-refractivity contribution >= 4 is 5.57 Å². The molecule has 0 fully saturated rings. The zero-order valence-electron chi connectivity index (χ0n) is 13.0. The molecule has 1 aliphatic carbocycles. The minimum absolute atomic E-state index is 0. The van der Waals surface area contributed by atoms with Crippen LogP contribution in [0.15, 0.2) is 72.3 Å². The van der Waals surface area contributed by atoms with Gasteiger partial charge in [0.2, 0.25) is 0 Å². The van der Waals surface area contributed by atoms with E-state index in [1.807, 2.05) is 42.5 Å². The summed E-state index contributed by atoms with van der Waals surface area (Å²) in [5, 5.41) is 8.54. The molecule has 2 aromatic rings. The van der Waals surface area contributed by atoms with Crippen LogP contribution in [0.4, 0.5) is 0 Å². The third-order valence-corrected chi connectivity index (χ3v) is 3.13. The van der Waals surface area contributed by atoms with Crippen LogP contribution in [0, 0.1) is 6.07 Å². The van der Waals surface area contributed by atoms with Gasteiger partial charge in [0, 0.05) is 0 Å². The maximum Gasteiger partial charge on any atom is 3.00 e. The van der Waals surface area contributed by atoms with Gasteiger partial charge in [0.05, 0.1) is 6.61 Å². The Morgan fingerprint density at radius 3 is 2.09 bits per heavy atom. The molecule has 0 saturated carbocycles. The van der Waals surface area contributed by atoms with E-state index in [1.54, 1.807) is 0 Å². The molecule has 0 bridgehead atoms. The molecule has 3 rings (SSSR count). The van der Waals surface area contributed by atoms with Crippen molar-refractivity contribution in [1.29, 1.82) is 0 Å². The first-order valence-corrected chi connectivity index (χ1v) is 6.79. The normalized spacial score (nSPS) is 11.4. The number of benzene rings is 2. The zero-order chi connectivity index (χ0) is 14.2. The summed E-state index contributed by atoms with van der Waals surface area (Å²) in [6.45, 7) is 2.27. The molecule has 1 nitrogen and oxygen atoms in total. The third-order valence-electron chi connectivity index (χ3n) is 3.13. The third kappa shape index (κ3) is 8.55. The van der Waals surface area contributed by atoms with Crippen molar-refractivity contribution in [3.05, 3.63) is 89.5 Å². The fraction of sp³-hybridized carbons (Fsp3) is 0.158. The molecule has 4 heteroatoms. The molecule has 119 valence electrons. The summed E-state index contributed by atoms with van der Waals surface area (Å²) >= 11 is 0. The van der Waals surface area contributed by atoms with Gasteiger partial charge in [0.15, 0.2) is 0 Å². The Balaban J connectivity index is 0. The van der Waals surface area contributed by atoms with Crippen molar-refractivity contribution in [2.24, 2.45) is 0 Å². The predicted molar refractivity (Wildman–Crippen MR) is 84.0 cm³/mol. The van der Waals surface area contributed by atoms with Crippen molar-refractivity contribution in [2.75, 3.05) is 0 Å². The number of aliphatic hydroxyl groups is 1. The summed E-state index contributed by atoms with van der Waals surface area (Å²) in [6.07, 6.45) is 5.54. The molecule has 0 amide bonds. The molecule has 0 spiro atoms. The second kappa shape index (κ2) is 13.6. The minimum atomic E-state index is 0. The quantitative estimate of drug-likeness (QED) is 0.491. The van der Waals surface area contributed by atoms with Crippen LogP contribution in [0.25, 0.3) is 5.57 Å². The van der Waals surface area contributed by atoms with Crippen LogP contribution in [-0.4, -0.2) is 5.11 Å². The van der Waals surface area contributed by atoms with Crippen LogP contribution < -0.4 is 24.8 Å². The van der Waals surface area contributed by atoms with Gasteiger partial charge < -0.3 is 29.9 Å². The van der Waals surface area contributed by atoms with Gasteiger partial charge in [-0.1, -0.05) is 48.1 Å². The number of rotatable bonds is 2. The average molecular weight is 382 g/mol. The van der Waals surface area contributed by atoms with Gasteiger partial charge in [-0.3, -0.25) is 0 Å². The molecule has 0 aliphatic heterocycles. The summed E-state index contributed by atoms with van der Waals surface area (Å²) in [5.74, 6) is 0. The van der Waals surface area contributed by atoms with Crippen molar-refractivity contribution < 1.29 is 51.6 Å². The van der Waals surface area contributed by atoms with Gasteiger partial charge in [-0.2, -0.15) is 0 Å². The first-order chi connectivity index (χ1) is 9.79. The van der Waals surface area contributed by atoms with Crippen LogP contribution in [-0.2, 0) is 28.3 Å². The van der Waals surface area contributed by atoms with Gasteiger partial charge >= 0.3 is 21.7 Å². The van der Waals surface area contributed by atoms with E-state index in [9.17, 15) is 0 Å². The van der Waals surface area contributed by atoms with Gasteiger partial charge in [-0.25, -0.2) is 0 Å². The van der Waals surface area contributed by atoms with Gasteiger partial charge in [-0.05, 0) is 18.9 Å². The number of halogens is 2. The summed E-state index contributed by atoms with van der Waals surface area (Å²) in [7, 11) is 0. The molecule has 2 aromatic carbocycles. The first kappa shape index (κ1) is 24.4. The largest absolute Gasteiger partial charge is 3.00 e. The van der Waals surface area contributed by atoms with Crippen molar-refractivity contribution in [2.45, 2.75) is 20.0 Å². The molecule has 1 N–H and O–H groups in total. The number of aliphatic hydroxyl groups excluding tert-OH is 1. The molecule has 0 atom stereocenters. The first-order valence-electron chi connectivity index (χ1n) is 6.79. The Labute approximate surface area is 166 Å². The number of allylic oxidation sites excluding steroid dienone is 4. The maximum atomic E-state index is 8.54. The van der Waals surface area contributed by atoms with Gasteiger partial charge in [-0.15, -0.1) is 41.5 Å². The molecule has 0 unspecified atom stereocenters. The molecular formula is C19H19Cl2OTi. The maximum absolute atomic E-state index is 8.54. The second-order valence-electron chi connectivity index (χ2n) is 4.74.